The number of hydrogen-bond acceptors (Lipinski definition) is 15. The molecule has 4 amide bonds. The summed E-state index contributed by atoms with van der Waals surface area (Å²) in [5.74, 6) is 0.981. The van der Waals surface area contributed by atoms with Crippen LogP contribution in [0.2, 0.25) is 0 Å². The molecule has 6 heterocycles. The van der Waals surface area contributed by atoms with Crippen LogP contribution in [0.3, 0.4) is 0 Å². The van der Waals surface area contributed by atoms with Gasteiger partial charge in [-0.1, -0.05) is 30.3 Å². The number of rotatable bonds is 18. The molecule has 362 valence electrons. The fourth-order valence-electron chi connectivity index (χ4n) is 9.11. The average molecular weight is 968 g/mol. The molecule has 2 aliphatic heterocycles. The van der Waals surface area contributed by atoms with Crippen LogP contribution in [0.15, 0.2) is 119 Å². The van der Waals surface area contributed by atoms with E-state index in [0.29, 0.717) is 75.1 Å². The van der Waals surface area contributed by atoms with Crippen molar-refractivity contribution in [1.29, 1.82) is 0 Å². The van der Waals surface area contributed by atoms with Gasteiger partial charge in [-0.2, -0.15) is 0 Å². The van der Waals surface area contributed by atoms with Gasteiger partial charge in [-0.25, -0.2) is 19.9 Å². The summed E-state index contributed by atoms with van der Waals surface area (Å²) >= 11 is 0. The summed E-state index contributed by atoms with van der Waals surface area (Å²) < 4.78 is 26.1. The highest BCUT2D eigenvalue weighted by Gasteiger charge is 2.37. The second kappa shape index (κ2) is 19.7. The number of carbonyl (C=O) groups is 4. The van der Waals surface area contributed by atoms with Gasteiger partial charge in [-0.3, -0.25) is 52.7 Å². The molecule has 0 radical (unpaired) electrons. The van der Waals surface area contributed by atoms with Gasteiger partial charge < -0.3 is 18.9 Å². The number of imide groups is 2. The largest absolute Gasteiger partial charge is 0.493 e. The minimum absolute atomic E-state index is 0.00584. The molecule has 0 N–H and O–H groups in total. The van der Waals surface area contributed by atoms with Gasteiger partial charge >= 0.3 is 0 Å². The van der Waals surface area contributed by atoms with E-state index < -0.39 is 23.6 Å². The van der Waals surface area contributed by atoms with E-state index >= 15 is 0 Å². The number of carbonyl (C=O) groups excluding carboxylic acids is 4. The molecule has 10 rings (SSSR count). The number of benzene rings is 4. The lowest BCUT2D eigenvalue weighted by molar-refractivity contribution is 0.0638. The molecule has 0 saturated heterocycles. The fraction of sp³-hybridized carbons (Fsp3) is 0.226. The number of hydrogen-bond donors (Lipinski definition) is 0. The molecule has 0 aliphatic carbocycles. The zero-order chi connectivity index (χ0) is 50.0. The first-order valence-corrected chi connectivity index (χ1v) is 23.0. The minimum atomic E-state index is -0.500. The summed E-state index contributed by atoms with van der Waals surface area (Å²) in [6, 6.07) is 26.1. The van der Waals surface area contributed by atoms with Gasteiger partial charge in [-0.15, -0.1) is 0 Å². The van der Waals surface area contributed by atoms with Crippen molar-refractivity contribution in [2.24, 2.45) is 0 Å². The maximum atomic E-state index is 14.6. The lowest BCUT2D eigenvalue weighted by Gasteiger charge is -2.18. The van der Waals surface area contributed by atoms with Gasteiger partial charge in [0.25, 0.3) is 34.7 Å². The van der Waals surface area contributed by atoms with Crippen molar-refractivity contribution in [3.8, 4) is 23.0 Å². The molecular formula is C53H45N9O10. The first-order chi connectivity index (χ1) is 35.0. The highest BCUT2D eigenvalue weighted by atomic mass is 16.5. The predicted octanol–water partition coefficient (Wildman–Crippen LogP) is 5.06. The zero-order valence-electron chi connectivity index (χ0n) is 39.4. The third-order valence-electron chi connectivity index (χ3n) is 12.9. The van der Waals surface area contributed by atoms with E-state index in [1.807, 2.05) is 30.3 Å². The Balaban J connectivity index is 0.886. The Kier molecular flexibility index (Phi) is 12.7. The molecule has 8 aromatic rings. The molecule has 0 saturated carbocycles. The molecule has 0 bridgehead atoms. The maximum Gasteiger partial charge on any atom is 0.280 e. The van der Waals surface area contributed by atoms with Gasteiger partial charge in [-0.05, 0) is 90.2 Å². The quantitative estimate of drug-likeness (QED) is 0.103. The van der Waals surface area contributed by atoms with Gasteiger partial charge in [0.05, 0.1) is 48.9 Å². The van der Waals surface area contributed by atoms with Crippen molar-refractivity contribution in [2.45, 2.75) is 45.4 Å². The number of amides is 4. The summed E-state index contributed by atoms with van der Waals surface area (Å²) in [4.78, 5) is 106. The number of pyridine rings is 1. The SMILES string of the molecule is COc1ccc(CCn2c(CCN3C(=O)c4cccnc4C3=O)nc3ccc(COc4cc(CCn5c(CCN6C(=O)c7ccccc7C6=O)nc6ncncc6c5=O)ccc4OC)cc3c2=O)cc1OC. The van der Waals surface area contributed by atoms with Crippen LogP contribution in [-0.4, -0.2) is 102 Å². The van der Waals surface area contributed by atoms with E-state index in [4.69, 9.17) is 23.9 Å². The summed E-state index contributed by atoms with van der Waals surface area (Å²) in [5, 5.41) is 0.572. The smallest absolute Gasteiger partial charge is 0.280 e. The monoisotopic (exact) mass is 967 g/mol. The van der Waals surface area contributed by atoms with Crippen LogP contribution < -0.4 is 30.1 Å². The van der Waals surface area contributed by atoms with Crippen LogP contribution in [-0.2, 0) is 45.4 Å². The molecule has 19 heteroatoms. The molecule has 0 atom stereocenters. The third kappa shape index (κ3) is 8.75. The Morgan fingerprint density at radius 2 is 1.07 bits per heavy atom. The molecule has 4 aromatic carbocycles. The second-order valence-electron chi connectivity index (χ2n) is 17.0. The van der Waals surface area contributed by atoms with Gasteiger partial charge in [0.15, 0.2) is 28.6 Å². The lowest BCUT2D eigenvalue weighted by Crippen LogP contribution is -2.34. The van der Waals surface area contributed by atoms with E-state index in [2.05, 4.69) is 19.9 Å². The van der Waals surface area contributed by atoms with E-state index in [9.17, 15) is 28.8 Å². The molecule has 0 spiro atoms. The van der Waals surface area contributed by atoms with E-state index in [-0.39, 0.29) is 79.0 Å². The summed E-state index contributed by atoms with van der Waals surface area (Å²) in [7, 11) is 4.63. The van der Waals surface area contributed by atoms with Crippen LogP contribution in [0.4, 0.5) is 0 Å². The number of ether oxygens (including phenoxy) is 4. The average Bonchev–Trinajstić information content (AvgIpc) is 3.80. The first kappa shape index (κ1) is 46.6. The van der Waals surface area contributed by atoms with Gasteiger partial charge in [0, 0.05) is 51.4 Å². The first-order valence-electron chi connectivity index (χ1n) is 23.0. The molecule has 4 aromatic heterocycles. The van der Waals surface area contributed by atoms with Crippen molar-refractivity contribution >= 4 is 45.6 Å². The Morgan fingerprint density at radius 3 is 1.72 bits per heavy atom. The van der Waals surface area contributed by atoms with E-state index in [1.165, 1.54) is 35.3 Å². The summed E-state index contributed by atoms with van der Waals surface area (Å²) in [6.45, 7) is 0.454. The third-order valence-corrected chi connectivity index (χ3v) is 12.9. The molecule has 19 nitrogen and oxygen atoms in total. The number of methoxy groups -OCH3 is 3. The van der Waals surface area contributed by atoms with Crippen molar-refractivity contribution in [3.63, 3.8) is 0 Å². The molecule has 2 aliphatic rings. The molecule has 0 fully saturated rings. The lowest BCUT2D eigenvalue weighted by atomic mass is 10.1. The van der Waals surface area contributed by atoms with Crippen molar-refractivity contribution < 1.29 is 38.1 Å². The summed E-state index contributed by atoms with van der Waals surface area (Å²) in [5.41, 5.74) is 3.31. The fourth-order valence-corrected chi connectivity index (χ4v) is 9.11. The normalized spacial score (nSPS) is 13.0. The van der Waals surface area contributed by atoms with Gasteiger partial charge in [0.1, 0.15) is 35.7 Å². The Morgan fingerprint density at radius 1 is 0.500 bits per heavy atom. The van der Waals surface area contributed by atoms with Crippen molar-refractivity contribution in [2.75, 3.05) is 34.4 Å². The van der Waals surface area contributed by atoms with E-state index in [0.717, 1.165) is 16.0 Å². The van der Waals surface area contributed by atoms with E-state index in [1.54, 1.807) is 79.5 Å². The standard InChI is InChI=1S/C53H45N9O10/c1-69-40-14-11-31(26-42(40)71-3)16-21-59-44(18-24-62-50(65)36-9-6-20-55-46(36)53(62)68)57-39-13-10-33(25-37(39)51(59)66)29-72-43-27-32(12-15-41(43)70-2)17-22-60-45(58-47-38(52(60)67)28-54-30-56-47)19-23-61-48(63)34-7-4-5-8-35(34)49(61)64/h4-15,20,25-28,30H,16-19,21-24,29H2,1-3H3. The number of aromatic nitrogens is 7. The van der Waals surface area contributed by atoms with Crippen LogP contribution >= 0.6 is 0 Å². The molecular weight excluding hydrogens is 923 g/mol. The van der Waals surface area contributed by atoms with Crippen molar-refractivity contribution in [1.82, 2.24) is 43.9 Å². The van der Waals surface area contributed by atoms with Gasteiger partial charge in [0.2, 0.25) is 0 Å². The van der Waals surface area contributed by atoms with Crippen LogP contribution in [0.25, 0.3) is 21.9 Å². The van der Waals surface area contributed by atoms with Crippen LogP contribution in [0, 0.1) is 0 Å². The Bertz CT molecular complexity index is 3560. The number of fused-ring (bicyclic) bond motifs is 4. The number of nitrogens with zero attached hydrogens (tertiary/aromatic N) is 9. The summed E-state index contributed by atoms with van der Waals surface area (Å²) in [6.07, 6.45) is 5.19. The Hall–Kier alpha value is -9.13. The highest BCUT2D eigenvalue weighted by molar-refractivity contribution is 6.21. The molecule has 0 unspecified atom stereocenters. The topological polar surface area (TPSA) is 220 Å². The van der Waals surface area contributed by atoms with Crippen LogP contribution in [0.1, 0.15) is 69.9 Å². The van der Waals surface area contributed by atoms with Crippen molar-refractivity contribution in [3.05, 3.63) is 181 Å². The van der Waals surface area contributed by atoms with Crippen LogP contribution in [0.5, 0.6) is 23.0 Å². The Labute approximate surface area is 410 Å². The maximum absolute atomic E-state index is 14.6. The zero-order valence-corrected chi connectivity index (χ0v) is 39.4. The second-order valence-corrected chi connectivity index (χ2v) is 17.0. The predicted molar refractivity (Wildman–Crippen MR) is 261 cm³/mol. The highest BCUT2D eigenvalue weighted by Crippen LogP contribution is 2.31. The molecule has 72 heavy (non-hydrogen) atoms. The number of aryl methyl sites for hydroxylation is 2. The minimum Gasteiger partial charge on any atom is -0.493 e.